The van der Waals surface area contributed by atoms with Crippen LogP contribution in [0.25, 0.3) is 32.3 Å². The number of benzene rings is 5. The lowest BCUT2D eigenvalue weighted by Gasteiger charge is -2.20. The number of carbonyl (C=O) groups is 13. The maximum absolute atomic E-state index is 11.9. The van der Waals surface area contributed by atoms with Crippen molar-refractivity contribution >= 4 is 110 Å². The van der Waals surface area contributed by atoms with E-state index in [0.29, 0.717) is 0 Å². The van der Waals surface area contributed by atoms with E-state index < -0.39 is 161 Å². The minimum atomic E-state index is -2.42. The highest BCUT2D eigenvalue weighted by Crippen LogP contribution is 2.41. The van der Waals surface area contributed by atoms with Gasteiger partial charge >= 0.3 is 77.6 Å². The van der Waals surface area contributed by atoms with Crippen LogP contribution in [-0.4, -0.2) is 144 Å². The second-order valence-corrected chi connectivity index (χ2v) is 12.1. The van der Waals surface area contributed by atoms with E-state index in [-0.39, 0.29) is 21.7 Å². The zero-order chi connectivity index (χ0) is 48.0. The Morgan fingerprint density at radius 3 is 0.730 bits per heavy atom. The summed E-state index contributed by atoms with van der Waals surface area (Å²) < 4.78 is 0. The van der Waals surface area contributed by atoms with Gasteiger partial charge in [0.05, 0.1) is 72.3 Å². The van der Waals surface area contributed by atoms with Gasteiger partial charge in [-0.15, -0.1) is 0 Å². The third kappa shape index (κ3) is 7.46. The summed E-state index contributed by atoms with van der Waals surface area (Å²) in [5, 5.41) is 120. The smallest absolute Gasteiger partial charge is 0.337 e. The highest BCUT2D eigenvalue weighted by Gasteiger charge is 2.42. The first-order chi connectivity index (χ1) is 29.1. The van der Waals surface area contributed by atoms with Gasteiger partial charge in [0.2, 0.25) is 0 Å². The molecule has 63 heavy (non-hydrogen) atoms. The van der Waals surface area contributed by atoms with Gasteiger partial charge in [-0.25, -0.2) is 62.3 Å². The zero-order valence-electron chi connectivity index (χ0n) is 30.0. The van der Waals surface area contributed by atoms with Gasteiger partial charge in [0.1, 0.15) is 0 Å². The first-order valence-electron chi connectivity index (χ1n) is 16.0. The Morgan fingerprint density at radius 2 is 0.492 bits per heavy atom. The van der Waals surface area contributed by atoms with Crippen molar-refractivity contribution in [2.75, 3.05) is 0 Å². The average molecular weight is 879 g/mol. The van der Waals surface area contributed by atoms with Crippen LogP contribution in [0.15, 0.2) is 30.3 Å². The molecule has 0 aliphatic carbocycles. The maximum atomic E-state index is 11.9. The van der Waals surface area contributed by atoms with Gasteiger partial charge < -0.3 is 66.4 Å². The molecule has 322 valence electrons. The van der Waals surface area contributed by atoms with Crippen LogP contribution in [0.3, 0.4) is 0 Å². The molecule has 5 rings (SSSR count). The van der Waals surface area contributed by atoms with Crippen LogP contribution in [0.5, 0.6) is 0 Å². The number of hydrogen-bond donors (Lipinski definition) is 13. The second-order valence-electron chi connectivity index (χ2n) is 12.1. The van der Waals surface area contributed by atoms with Crippen molar-refractivity contribution in [3.8, 4) is 0 Å². The topological polar surface area (TPSA) is 485 Å². The molecule has 0 aliphatic rings. The number of hydrogen-bond acceptors (Lipinski definition) is 13. The molecule has 5 aromatic carbocycles. The van der Waals surface area contributed by atoms with Crippen LogP contribution < -0.4 is 0 Å². The summed E-state index contributed by atoms with van der Waals surface area (Å²) >= 11 is 0. The van der Waals surface area contributed by atoms with Gasteiger partial charge in [0.15, 0.2) is 0 Å². The SMILES string of the molecule is O=C(O)c1c(C(=O)O)c(C(=O)O)c2c(C(=O)O)c(C(=O)O)c(C(=O)O)c(C(=O)O)c2c1C(=O)O.O=C(O)c1c(C(=O)O)c(C(=O)O)c2cc3c(C(=O)O)cccc3cc2c1C(=O)O. The standard InChI is InChI=1S/C19H10O10.C18H8O16/c20-15(21)7-3-1-2-6-4-9-10(5-8(6)7)12(17(24)25)14(19(28)29)13(18(26)27)11(9)16(22)23;19-11(20)3-1-2(5(13(23)24)9(17(31)32)7(3)15(27)28)6(14(25)26)10(18(33)34)8(16(29)30)4(1)12(21)22/h1-5H,(H,20,21)(H,22,23)(H,24,25)(H,26,27)(H,28,29);(H,19,20)(H,21,22)(H,23,24)(H,25,26)(H,27,28)(H,29,30)(H,31,32)(H,33,34). The summed E-state index contributed by atoms with van der Waals surface area (Å²) in [5.41, 5.74) is -18.9. The van der Waals surface area contributed by atoms with E-state index in [1.54, 1.807) is 0 Å². The molecule has 0 saturated heterocycles. The molecule has 26 nitrogen and oxygen atoms in total. The molecule has 0 bridgehead atoms. The molecule has 0 atom stereocenters. The van der Waals surface area contributed by atoms with E-state index in [4.69, 9.17) is 0 Å². The Kier molecular flexibility index (Phi) is 11.8. The summed E-state index contributed by atoms with van der Waals surface area (Å²) in [7, 11) is 0. The van der Waals surface area contributed by atoms with E-state index in [1.807, 2.05) is 0 Å². The van der Waals surface area contributed by atoms with E-state index in [9.17, 15) is 129 Å². The Morgan fingerprint density at radius 1 is 0.254 bits per heavy atom. The van der Waals surface area contributed by atoms with Crippen molar-refractivity contribution in [3.63, 3.8) is 0 Å². The molecule has 0 spiro atoms. The molecule has 26 heteroatoms. The highest BCUT2D eigenvalue weighted by atomic mass is 16.4. The summed E-state index contributed by atoms with van der Waals surface area (Å²) in [6.45, 7) is 0. The summed E-state index contributed by atoms with van der Waals surface area (Å²) in [6, 6.07) is 6.21. The highest BCUT2D eigenvalue weighted by molar-refractivity contribution is 6.33. The lowest BCUT2D eigenvalue weighted by atomic mass is 9.80. The van der Waals surface area contributed by atoms with E-state index in [0.717, 1.165) is 12.1 Å². The fraction of sp³-hybridized carbons (Fsp3) is 0. The molecule has 0 fully saturated rings. The largest absolute Gasteiger partial charge is 0.478 e. The van der Waals surface area contributed by atoms with Crippen LogP contribution in [0, 0.1) is 0 Å². The Labute approximate surface area is 341 Å². The molecule has 0 heterocycles. The molecule has 0 unspecified atom stereocenters. The number of aromatic carboxylic acids is 13. The van der Waals surface area contributed by atoms with Gasteiger partial charge in [-0.05, 0) is 39.7 Å². The molecule has 5 aromatic rings. The lowest BCUT2D eigenvalue weighted by molar-refractivity contribution is 0.0615. The minimum absolute atomic E-state index is 0.0331. The van der Waals surface area contributed by atoms with Gasteiger partial charge in [-0.3, -0.25) is 0 Å². The molecule has 13 N–H and O–H groups in total. The third-order valence-electron chi connectivity index (χ3n) is 8.85. The molecule has 0 amide bonds. The number of rotatable bonds is 13. The first-order valence-corrected chi connectivity index (χ1v) is 16.0. The number of fused-ring (bicyclic) bond motifs is 3. The maximum Gasteiger partial charge on any atom is 0.337 e. The lowest BCUT2D eigenvalue weighted by Crippen LogP contribution is -2.26. The Bertz CT molecular complexity index is 2900. The van der Waals surface area contributed by atoms with E-state index >= 15 is 0 Å². The van der Waals surface area contributed by atoms with Crippen molar-refractivity contribution in [1.82, 2.24) is 0 Å². The molecule has 0 aliphatic heterocycles. The van der Waals surface area contributed by atoms with Crippen LogP contribution in [-0.2, 0) is 0 Å². The number of carboxylic acids is 13. The molecular weight excluding hydrogens is 860 g/mol. The predicted molar refractivity (Wildman–Crippen MR) is 196 cm³/mol. The van der Waals surface area contributed by atoms with Gasteiger partial charge in [0, 0.05) is 10.8 Å². The van der Waals surface area contributed by atoms with Crippen LogP contribution in [0.2, 0.25) is 0 Å². The summed E-state index contributed by atoms with van der Waals surface area (Å²) in [5.74, 6) is -28.1. The van der Waals surface area contributed by atoms with Crippen molar-refractivity contribution < 1.29 is 129 Å². The van der Waals surface area contributed by atoms with Crippen molar-refractivity contribution in [2.24, 2.45) is 0 Å². The van der Waals surface area contributed by atoms with Gasteiger partial charge in [-0.2, -0.15) is 0 Å². The third-order valence-corrected chi connectivity index (χ3v) is 8.85. The first kappa shape index (κ1) is 45.7. The van der Waals surface area contributed by atoms with Gasteiger partial charge in [-0.1, -0.05) is 12.1 Å². The summed E-state index contributed by atoms with van der Waals surface area (Å²) in [4.78, 5) is 153. The molecule has 0 aromatic heterocycles. The second kappa shape index (κ2) is 16.3. The normalized spacial score (nSPS) is 10.6. The van der Waals surface area contributed by atoms with Gasteiger partial charge in [0.25, 0.3) is 0 Å². The van der Waals surface area contributed by atoms with Crippen LogP contribution in [0.1, 0.15) is 135 Å². The Balaban J connectivity index is 0.000000280. The van der Waals surface area contributed by atoms with Crippen molar-refractivity contribution in [1.29, 1.82) is 0 Å². The predicted octanol–water partition coefficient (Wildman–Crippen LogP) is 2.91. The molecule has 0 radical (unpaired) electrons. The van der Waals surface area contributed by atoms with Crippen molar-refractivity contribution in [2.45, 2.75) is 0 Å². The van der Waals surface area contributed by atoms with Crippen LogP contribution >= 0.6 is 0 Å². The summed E-state index contributed by atoms with van der Waals surface area (Å²) in [6.07, 6.45) is 0. The molecule has 0 saturated carbocycles. The average Bonchev–Trinajstić information content (AvgIpc) is 3.15. The van der Waals surface area contributed by atoms with E-state index in [2.05, 4.69) is 0 Å². The molecular formula is C37H18O26. The monoisotopic (exact) mass is 878 g/mol. The fourth-order valence-electron chi connectivity index (χ4n) is 6.78. The Hall–Kier alpha value is -10.0. The quantitative estimate of drug-likeness (QED) is 0.0756. The van der Waals surface area contributed by atoms with E-state index in [1.165, 1.54) is 18.2 Å². The minimum Gasteiger partial charge on any atom is -0.478 e. The van der Waals surface area contributed by atoms with Crippen molar-refractivity contribution in [3.05, 3.63) is 103 Å². The zero-order valence-corrected chi connectivity index (χ0v) is 30.0. The number of carboxylic acid groups (broad SMARTS) is 13. The van der Waals surface area contributed by atoms with Crippen LogP contribution in [0.4, 0.5) is 0 Å². The fourth-order valence-corrected chi connectivity index (χ4v) is 6.78.